The molecule has 2 heterocycles. The van der Waals surface area contributed by atoms with Crippen LogP contribution in [0.4, 0.5) is 0 Å². The zero-order valence-electron chi connectivity index (χ0n) is 7.73. The van der Waals surface area contributed by atoms with Crippen molar-refractivity contribution < 1.29 is 0 Å². The Hall–Kier alpha value is -1.51. The second kappa shape index (κ2) is 3.09. The average Bonchev–Trinajstić information content (AvgIpc) is 2.17. The molecule has 0 aliphatic rings. The van der Waals surface area contributed by atoms with Crippen LogP contribution in [0, 0.1) is 0 Å². The van der Waals surface area contributed by atoms with Crippen molar-refractivity contribution in [1.82, 2.24) is 15.0 Å². The van der Waals surface area contributed by atoms with Crippen molar-refractivity contribution in [2.24, 2.45) is 0 Å². The molecule has 0 amide bonds. The fraction of sp³-hybridized carbons (Fsp3) is 0.300. The molecule has 0 radical (unpaired) electrons. The van der Waals surface area contributed by atoms with Crippen LogP contribution in [0.2, 0.25) is 0 Å². The molecule has 2 aromatic rings. The van der Waals surface area contributed by atoms with E-state index in [4.69, 9.17) is 0 Å². The summed E-state index contributed by atoms with van der Waals surface area (Å²) in [6, 6.07) is 1.93. The number of aromatic nitrogens is 3. The minimum Gasteiger partial charge on any atom is -0.259 e. The lowest BCUT2D eigenvalue weighted by Gasteiger charge is -2.06. The lowest BCUT2D eigenvalue weighted by atomic mass is 10.1. The Balaban J connectivity index is 2.76. The first-order valence-electron chi connectivity index (χ1n) is 4.33. The van der Waals surface area contributed by atoms with E-state index in [0.29, 0.717) is 5.92 Å². The highest BCUT2D eigenvalue weighted by atomic mass is 14.8. The highest BCUT2D eigenvalue weighted by Crippen LogP contribution is 2.19. The Bertz CT molecular complexity index is 418. The van der Waals surface area contributed by atoms with E-state index in [1.807, 2.05) is 12.3 Å². The first kappa shape index (κ1) is 8.10. The molecule has 3 heteroatoms. The van der Waals surface area contributed by atoms with Crippen molar-refractivity contribution >= 4 is 10.9 Å². The molecule has 0 atom stereocenters. The molecule has 0 N–H and O–H groups in total. The molecule has 66 valence electrons. The maximum Gasteiger partial charge on any atom is 0.116 e. The van der Waals surface area contributed by atoms with Crippen molar-refractivity contribution in [3.05, 3.63) is 30.5 Å². The molecule has 2 aromatic heterocycles. The lowest BCUT2D eigenvalue weighted by molar-refractivity contribution is 0.830. The Labute approximate surface area is 76.9 Å². The second-order valence-electron chi connectivity index (χ2n) is 3.31. The van der Waals surface area contributed by atoms with Crippen molar-refractivity contribution in [3.8, 4) is 0 Å². The van der Waals surface area contributed by atoms with Gasteiger partial charge in [-0.3, -0.25) is 4.98 Å². The first-order valence-corrected chi connectivity index (χ1v) is 4.33. The molecule has 0 aliphatic carbocycles. The van der Waals surface area contributed by atoms with E-state index in [9.17, 15) is 0 Å². The van der Waals surface area contributed by atoms with E-state index in [1.165, 1.54) is 0 Å². The summed E-state index contributed by atoms with van der Waals surface area (Å²) >= 11 is 0. The van der Waals surface area contributed by atoms with Gasteiger partial charge in [0.25, 0.3) is 0 Å². The van der Waals surface area contributed by atoms with Crippen LogP contribution in [-0.4, -0.2) is 15.0 Å². The van der Waals surface area contributed by atoms with Gasteiger partial charge in [-0.05, 0) is 12.0 Å². The molecule has 0 aromatic carbocycles. The highest BCUT2D eigenvalue weighted by molar-refractivity contribution is 5.79. The minimum absolute atomic E-state index is 0.401. The van der Waals surface area contributed by atoms with Gasteiger partial charge in [-0.25, -0.2) is 9.97 Å². The van der Waals surface area contributed by atoms with Gasteiger partial charge in [-0.2, -0.15) is 0 Å². The number of hydrogen-bond acceptors (Lipinski definition) is 3. The SMILES string of the molecule is CC(C)c1nccc2cncnc12. The van der Waals surface area contributed by atoms with Gasteiger partial charge in [0, 0.05) is 17.8 Å². The topological polar surface area (TPSA) is 38.7 Å². The van der Waals surface area contributed by atoms with Crippen LogP contribution in [0.25, 0.3) is 10.9 Å². The molecule has 2 rings (SSSR count). The molecule has 3 nitrogen and oxygen atoms in total. The molecule has 13 heavy (non-hydrogen) atoms. The zero-order chi connectivity index (χ0) is 9.26. The summed E-state index contributed by atoms with van der Waals surface area (Å²) in [4.78, 5) is 12.5. The summed E-state index contributed by atoms with van der Waals surface area (Å²) in [5.74, 6) is 0.401. The predicted molar refractivity (Wildman–Crippen MR) is 51.4 cm³/mol. The van der Waals surface area contributed by atoms with E-state index >= 15 is 0 Å². The largest absolute Gasteiger partial charge is 0.259 e. The average molecular weight is 173 g/mol. The number of rotatable bonds is 1. The van der Waals surface area contributed by atoms with Crippen LogP contribution in [0.3, 0.4) is 0 Å². The summed E-state index contributed by atoms with van der Waals surface area (Å²) < 4.78 is 0. The Morgan fingerprint density at radius 1 is 1.23 bits per heavy atom. The molecule has 0 aliphatic heterocycles. The Morgan fingerprint density at radius 3 is 2.85 bits per heavy atom. The van der Waals surface area contributed by atoms with Gasteiger partial charge >= 0.3 is 0 Å². The maximum absolute atomic E-state index is 4.32. The number of hydrogen-bond donors (Lipinski definition) is 0. The summed E-state index contributed by atoms with van der Waals surface area (Å²) in [5, 5.41) is 1.06. The van der Waals surface area contributed by atoms with E-state index in [-0.39, 0.29) is 0 Å². The van der Waals surface area contributed by atoms with Gasteiger partial charge in [-0.1, -0.05) is 13.8 Å². The molecular weight excluding hydrogens is 162 g/mol. The molecular formula is C10H11N3. The summed E-state index contributed by atoms with van der Waals surface area (Å²) in [7, 11) is 0. The lowest BCUT2D eigenvalue weighted by Crippen LogP contribution is -1.95. The molecule has 0 unspecified atom stereocenters. The van der Waals surface area contributed by atoms with Crippen LogP contribution in [-0.2, 0) is 0 Å². The fourth-order valence-corrected chi connectivity index (χ4v) is 1.36. The smallest absolute Gasteiger partial charge is 0.116 e. The molecule has 0 spiro atoms. The van der Waals surface area contributed by atoms with E-state index in [2.05, 4.69) is 28.8 Å². The number of pyridine rings is 1. The summed E-state index contributed by atoms with van der Waals surface area (Å²) in [6.07, 6.45) is 5.19. The van der Waals surface area contributed by atoms with Crippen molar-refractivity contribution in [3.63, 3.8) is 0 Å². The molecule has 0 saturated carbocycles. The van der Waals surface area contributed by atoms with Crippen molar-refractivity contribution in [2.45, 2.75) is 19.8 Å². The van der Waals surface area contributed by atoms with Gasteiger partial charge in [0.2, 0.25) is 0 Å². The number of fused-ring (bicyclic) bond motifs is 1. The van der Waals surface area contributed by atoms with Gasteiger partial charge in [0.15, 0.2) is 0 Å². The van der Waals surface area contributed by atoms with Crippen molar-refractivity contribution in [2.75, 3.05) is 0 Å². The third kappa shape index (κ3) is 1.37. The second-order valence-corrected chi connectivity index (χ2v) is 3.31. The first-order chi connectivity index (χ1) is 6.29. The molecule has 0 fully saturated rings. The van der Waals surface area contributed by atoms with E-state index in [1.54, 1.807) is 12.5 Å². The summed E-state index contributed by atoms with van der Waals surface area (Å²) in [5.41, 5.74) is 2.01. The minimum atomic E-state index is 0.401. The summed E-state index contributed by atoms with van der Waals surface area (Å²) in [6.45, 7) is 4.23. The van der Waals surface area contributed by atoms with Gasteiger partial charge in [0.1, 0.15) is 6.33 Å². The zero-order valence-corrected chi connectivity index (χ0v) is 7.73. The maximum atomic E-state index is 4.32. The van der Waals surface area contributed by atoms with Crippen LogP contribution in [0.1, 0.15) is 25.5 Å². The Kier molecular flexibility index (Phi) is 1.93. The van der Waals surface area contributed by atoms with Crippen molar-refractivity contribution in [1.29, 1.82) is 0 Å². The van der Waals surface area contributed by atoms with E-state index < -0.39 is 0 Å². The van der Waals surface area contributed by atoms with Crippen LogP contribution >= 0.6 is 0 Å². The van der Waals surface area contributed by atoms with Crippen LogP contribution in [0.5, 0.6) is 0 Å². The van der Waals surface area contributed by atoms with Crippen LogP contribution < -0.4 is 0 Å². The fourth-order valence-electron chi connectivity index (χ4n) is 1.36. The Morgan fingerprint density at radius 2 is 2.08 bits per heavy atom. The number of nitrogens with zero attached hydrogens (tertiary/aromatic N) is 3. The third-order valence-corrected chi connectivity index (χ3v) is 2.00. The molecule has 0 bridgehead atoms. The monoisotopic (exact) mass is 173 g/mol. The standard InChI is InChI=1S/C10H11N3/c1-7(2)9-10-8(3-4-12-9)5-11-6-13-10/h3-7H,1-2H3. The third-order valence-electron chi connectivity index (χ3n) is 2.00. The quantitative estimate of drug-likeness (QED) is 0.663. The van der Waals surface area contributed by atoms with Gasteiger partial charge in [0.05, 0.1) is 11.2 Å². The van der Waals surface area contributed by atoms with Gasteiger partial charge in [-0.15, -0.1) is 0 Å². The van der Waals surface area contributed by atoms with Gasteiger partial charge < -0.3 is 0 Å². The highest BCUT2D eigenvalue weighted by Gasteiger charge is 2.06. The van der Waals surface area contributed by atoms with E-state index in [0.717, 1.165) is 16.6 Å². The van der Waals surface area contributed by atoms with Crippen LogP contribution in [0.15, 0.2) is 24.8 Å². The normalized spacial score (nSPS) is 11.0. The predicted octanol–water partition coefficient (Wildman–Crippen LogP) is 2.15. The molecule has 0 saturated heterocycles.